The van der Waals surface area contributed by atoms with Gasteiger partial charge < -0.3 is 4.57 Å². The molecule has 0 radical (unpaired) electrons. The SMILES string of the molecule is Cc1ccc(-c2c(C)sc(=NC(=O)c3ccccc3Br)n2C)cc1. The number of nitrogens with zero attached hydrogens (tertiary/aromatic N) is 2. The highest BCUT2D eigenvalue weighted by atomic mass is 79.9. The maximum absolute atomic E-state index is 12.5. The molecule has 0 atom stereocenters. The minimum atomic E-state index is -0.241. The van der Waals surface area contributed by atoms with Crippen LogP contribution in [-0.2, 0) is 7.05 Å². The first-order valence-electron chi connectivity index (χ1n) is 7.54. The molecule has 1 aromatic heterocycles. The number of hydrogen-bond donors (Lipinski definition) is 0. The smallest absolute Gasteiger partial charge is 0.280 e. The fourth-order valence-electron chi connectivity index (χ4n) is 2.57. The van der Waals surface area contributed by atoms with Crippen molar-refractivity contribution < 1.29 is 4.79 Å². The first kappa shape index (κ1) is 16.9. The molecule has 1 heterocycles. The highest BCUT2D eigenvalue weighted by Gasteiger charge is 2.12. The van der Waals surface area contributed by atoms with Crippen LogP contribution in [0, 0.1) is 13.8 Å². The quantitative estimate of drug-likeness (QED) is 0.603. The second kappa shape index (κ2) is 6.87. The lowest BCUT2D eigenvalue weighted by Crippen LogP contribution is -2.14. The molecule has 5 heteroatoms. The number of carbonyl (C=O) groups is 1. The number of aromatic nitrogens is 1. The van der Waals surface area contributed by atoms with Crippen LogP contribution in [0.25, 0.3) is 11.3 Å². The zero-order valence-electron chi connectivity index (χ0n) is 13.7. The average molecular weight is 401 g/mol. The molecule has 2 aromatic carbocycles. The molecular formula is C19H17BrN2OS. The van der Waals surface area contributed by atoms with Gasteiger partial charge in [0, 0.05) is 16.4 Å². The summed E-state index contributed by atoms with van der Waals surface area (Å²) >= 11 is 4.94. The van der Waals surface area contributed by atoms with E-state index in [4.69, 9.17) is 0 Å². The second-order valence-electron chi connectivity index (χ2n) is 5.61. The predicted octanol–water partition coefficient (Wildman–Crippen LogP) is 4.87. The Morgan fingerprint density at radius 1 is 1.08 bits per heavy atom. The number of benzene rings is 2. The normalized spacial score (nSPS) is 11.8. The first-order valence-corrected chi connectivity index (χ1v) is 9.15. The minimum Gasteiger partial charge on any atom is -0.319 e. The Kier molecular flexibility index (Phi) is 4.83. The minimum absolute atomic E-state index is 0.241. The number of rotatable bonds is 2. The number of halogens is 1. The van der Waals surface area contributed by atoms with Gasteiger partial charge in [-0.2, -0.15) is 4.99 Å². The van der Waals surface area contributed by atoms with Crippen molar-refractivity contribution in [3.63, 3.8) is 0 Å². The Bertz CT molecular complexity index is 968. The van der Waals surface area contributed by atoms with Crippen molar-refractivity contribution >= 4 is 33.2 Å². The van der Waals surface area contributed by atoms with Gasteiger partial charge >= 0.3 is 0 Å². The second-order valence-corrected chi connectivity index (χ2v) is 7.65. The predicted molar refractivity (Wildman–Crippen MR) is 102 cm³/mol. The summed E-state index contributed by atoms with van der Waals surface area (Å²) in [5.41, 5.74) is 4.02. The maximum atomic E-state index is 12.5. The van der Waals surface area contributed by atoms with Crippen molar-refractivity contribution in [2.24, 2.45) is 12.0 Å². The van der Waals surface area contributed by atoms with Crippen LogP contribution in [0.15, 0.2) is 58.0 Å². The topological polar surface area (TPSA) is 34.4 Å². The molecule has 0 aliphatic heterocycles. The van der Waals surface area contributed by atoms with Crippen LogP contribution in [-0.4, -0.2) is 10.5 Å². The molecule has 0 saturated heterocycles. The maximum Gasteiger partial charge on any atom is 0.280 e. The van der Waals surface area contributed by atoms with Crippen molar-refractivity contribution in [2.75, 3.05) is 0 Å². The molecule has 0 spiro atoms. The van der Waals surface area contributed by atoms with E-state index < -0.39 is 0 Å². The molecule has 0 aliphatic rings. The molecule has 3 aromatic rings. The van der Waals surface area contributed by atoms with Gasteiger partial charge in [0.25, 0.3) is 5.91 Å². The number of hydrogen-bond acceptors (Lipinski definition) is 2. The molecule has 0 aliphatic carbocycles. The first-order chi connectivity index (χ1) is 11.5. The standard InChI is InChI=1S/C19H17BrN2OS/c1-12-8-10-14(11-9-12)17-13(2)24-19(22(17)3)21-18(23)15-6-4-5-7-16(15)20/h4-11H,1-3H3. The van der Waals surface area contributed by atoms with Crippen LogP contribution < -0.4 is 4.80 Å². The molecule has 3 nitrogen and oxygen atoms in total. The van der Waals surface area contributed by atoms with Crippen LogP contribution in [0.4, 0.5) is 0 Å². The summed E-state index contributed by atoms with van der Waals surface area (Å²) in [4.78, 5) is 18.6. The van der Waals surface area contributed by atoms with E-state index in [1.54, 1.807) is 6.07 Å². The van der Waals surface area contributed by atoms with E-state index in [1.807, 2.05) is 29.8 Å². The fraction of sp³-hybridized carbons (Fsp3) is 0.158. The zero-order chi connectivity index (χ0) is 17.3. The van der Waals surface area contributed by atoms with Crippen molar-refractivity contribution in [3.8, 4) is 11.3 Å². The number of aryl methyl sites for hydroxylation is 2. The van der Waals surface area contributed by atoms with Crippen molar-refractivity contribution in [1.29, 1.82) is 0 Å². The van der Waals surface area contributed by atoms with Gasteiger partial charge in [-0.25, -0.2) is 0 Å². The van der Waals surface area contributed by atoms with E-state index in [1.165, 1.54) is 16.9 Å². The summed E-state index contributed by atoms with van der Waals surface area (Å²) in [6.45, 7) is 4.13. The average Bonchev–Trinajstić information content (AvgIpc) is 2.83. The van der Waals surface area contributed by atoms with Crippen molar-refractivity contribution in [1.82, 2.24) is 4.57 Å². The number of thiazole rings is 1. The monoisotopic (exact) mass is 400 g/mol. The van der Waals surface area contributed by atoms with Gasteiger partial charge in [0.1, 0.15) is 0 Å². The molecule has 1 amide bonds. The molecule has 3 rings (SSSR count). The zero-order valence-corrected chi connectivity index (χ0v) is 16.1. The van der Waals surface area contributed by atoms with E-state index in [9.17, 15) is 4.79 Å². The summed E-state index contributed by atoms with van der Waals surface area (Å²) in [6.07, 6.45) is 0. The van der Waals surface area contributed by atoms with Gasteiger partial charge in [0.15, 0.2) is 4.80 Å². The highest BCUT2D eigenvalue weighted by Crippen LogP contribution is 2.25. The third-order valence-electron chi connectivity index (χ3n) is 3.83. The lowest BCUT2D eigenvalue weighted by Gasteiger charge is -2.05. The van der Waals surface area contributed by atoms with Crippen LogP contribution >= 0.6 is 27.3 Å². The Labute approximate surface area is 153 Å². The highest BCUT2D eigenvalue weighted by molar-refractivity contribution is 9.10. The molecule has 0 unspecified atom stereocenters. The van der Waals surface area contributed by atoms with Gasteiger partial charge in [-0.15, -0.1) is 11.3 Å². The third-order valence-corrected chi connectivity index (χ3v) is 5.57. The Balaban J connectivity index is 2.07. The summed E-state index contributed by atoms with van der Waals surface area (Å²) in [7, 11) is 1.95. The van der Waals surface area contributed by atoms with Crippen molar-refractivity contribution in [2.45, 2.75) is 13.8 Å². The van der Waals surface area contributed by atoms with E-state index >= 15 is 0 Å². The lowest BCUT2D eigenvalue weighted by atomic mass is 10.1. The lowest BCUT2D eigenvalue weighted by molar-refractivity contribution is 0.0997. The van der Waals surface area contributed by atoms with Crippen LogP contribution in [0.5, 0.6) is 0 Å². The van der Waals surface area contributed by atoms with Crippen molar-refractivity contribution in [3.05, 3.63) is 73.8 Å². The molecule has 122 valence electrons. The third kappa shape index (κ3) is 3.28. The summed E-state index contributed by atoms with van der Waals surface area (Å²) in [5, 5.41) is 0. The van der Waals surface area contributed by atoms with Gasteiger partial charge in [-0.1, -0.05) is 42.0 Å². The Morgan fingerprint density at radius 3 is 2.42 bits per heavy atom. The Morgan fingerprint density at radius 2 is 1.75 bits per heavy atom. The molecular weight excluding hydrogens is 384 g/mol. The molecule has 0 N–H and O–H groups in total. The van der Waals surface area contributed by atoms with Crippen LogP contribution in [0.2, 0.25) is 0 Å². The van der Waals surface area contributed by atoms with Gasteiger partial charge in [0.05, 0.1) is 11.3 Å². The van der Waals surface area contributed by atoms with Crippen LogP contribution in [0.3, 0.4) is 0 Å². The van der Waals surface area contributed by atoms with Gasteiger partial charge in [-0.3, -0.25) is 4.79 Å². The van der Waals surface area contributed by atoms with E-state index in [-0.39, 0.29) is 5.91 Å². The molecule has 0 fully saturated rings. The van der Waals surface area contributed by atoms with E-state index in [0.29, 0.717) is 10.4 Å². The molecule has 24 heavy (non-hydrogen) atoms. The Hall–Kier alpha value is -1.98. The van der Waals surface area contributed by atoms with Gasteiger partial charge in [0.2, 0.25) is 0 Å². The summed E-state index contributed by atoms with van der Waals surface area (Å²) in [5.74, 6) is -0.241. The van der Waals surface area contributed by atoms with Crippen LogP contribution in [0.1, 0.15) is 20.8 Å². The van der Waals surface area contributed by atoms with E-state index in [0.717, 1.165) is 20.6 Å². The molecule has 0 saturated carbocycles. The molecule has 0 bridgehead atoms. The van der Waals surface area contributed by atoms with E-state index in [2.05, 4.69) is 59.0 Å². The summed E-state index contributed by atoms with van der Waals surface area (Å²) < 4.78 is 2.74. The number of carbonyl (C=O) groups excluding carboxylic acids is 1. The van der Waals surface area contributed by atoms with Gasteiger partial charge in [-0.05, 0) is 47.5 Å². The largest absolute Gasteiger partial charge is 0.319 e. The fourth-order valence-corrected chi connectivity index (χ4v) is 4.01. The number of amides is 1. The summed E-state index contributed by atoms with van der Waals surface area (Å²) in [6, 6.07) is 15.7.